The molecule has 5 nitrogen and oxygen atoms in total. The largest absolute Gasteiger partial charge is 0.462 e. The number of ether oxygens (including phenoxy) is 2. The molecule has 1 heterocycles. The number of likely N-dealkylation sites (tertiary alicyclic amines) is 1. The first-order chi connectivity index (χ1) is 18.3. The molecule has 0 spiro atoms. The molecule has 0 amide bonds. The van der Waals surface area contributed by atoms with E-state index in [4.69, 9.17) is 9.47 Å². The summed E-state index contributed by atoms with van der Waals surface area (Å²) >= 11 is 0. The van der Waals surface area contributed by atoms with Gasteiger partial charge in [0, 0.05) is 24.0 Å². The average molecular weight is 522 g/mol. The molecule has 2 aromatic carbocycles. The topological polar surface area (TPSA) is 55.8 Å². The Bertz CT molecular complexity index is 994. The van der Waals surface area contributed by atoms with E-state index in [9.17, 15) is 9.59 Å². The third-order valence-electron chi connectivity index (χ3n) is 9.13. The number of piperidine rings is 1. The van der Waals surface area contributed by atoms with E-state index in [1.807, 2.05) is 60.7 Å². The van der Waals surface area contributed by atoms with Crippen LogP contribution in [0.15, 0.2) is 60.7 Å². The molecule has 5 heteroatoms. The number of esters is 1. The molecule has 1 fully saturated rings. The van der Waals surface area contributed by atoms with Gasteiger partial charge in [-0.2, -0.15) is 0 Å². The summed E-state index contributed by atoms with van der Waals surface area (Å²) in [6, 6.07) is 19.2. The van der Waals surface area contributed by atoms with E-state index in [2.05, 4.69) is 32.6 Å². The lowest BCUT2D eigenvalue weighted by molar-refractivity contribution is -0.180. The molecule has 38 heavy (non-hydrogen) atoms. The lowest BCUT2D eigenvalue weighted by Gasteiger charge is -2.58. The summed E-state index contributed by atoms with van der Waals surface area (Å²) in [5.74, 6) is -0.938. The predicted octanol–water partition coefficient (Wildman–Crippen LogP) is 6.92. The van der Waals surface area contributed by atoms with Gasteiger partial charge in [-0.15, -0.1) is 0 Å². The zero-order valence-electron chi connectivity index (χ0n) is 24.1. The molecule has 0 N–H and O–H groups in total. The Labute approximate surface area is 229 Å². The minimum absolute atomic E-state index is 0.113. The Hall–Kier alpha value is -2.50. The number of nitrogens with zero attached hydrogens (tertiary/aromatic N) is 1. The van der Waals surface area contributed by atoms with Crippen molar-refractivity contribution in [2.45, 2.75) is 109 Å². The van der Waals surface area contributed by atoms with Crippen molar-refractivity contribution in [3.05, 3.63) is 71.8 Å². The van der Waals surface area contributed by atoms with Crippen molar-refractivity contribution >= 4 is 11.8 Å². The first-order valence-corrected chi connectivity index (χ1v) is 14.5. The zero-order valence-corrected chi connectivity index (χ0v) is 24.1. The summed E-state index contributed by atoms with van der Waals surface area (Å²) in [5.41, 5.74) is 0.289. The fourth-order valence-corrected chi connectivity index (χ4v) is 6.53. The van der Waals surface area contributed by atoms with Crippen LogP contribution in [0.4, 0.5) is 0 Å². The maximum Gasteiger partial charge on any atom is 0.346 e. The lowest BCUT2D eigenvalue weighted by Crippen LogP contribution is -2.63. The van der Waals surface area contributed by atoms with Crippen LogP contribution in [0.5, 0.6) is 0 Å². The van der Waals surface area contributed by atoms with Crippen LogP contribution < -0.4 is 0 Å². The maximum absolute atomic E-state index is 13.8. The monoisotopic (exact) mass is 521 g/mol. The number of hydrogen-bond acceptors (Lipinski definition) is 5. The van der Waals surface area contributed by atoms with Crippen molar-refractivity contribution in [3.8, 4) is 0 Å². The summed E-state index contributed by atoms with van der Waals surface area (Å²) in [7, 11) is 0. The van der Waals surface area contributed by atoms with Crippen LogP contribution in [0.3, 0.4) is 0 Å². The molecule has 0 aromatic heterocycles. The summed E-state index contributed by atoms with van der Waals surface area (Å²) in [5, 5.41) is 0. The minimum atomic E-state index is -1.70. The number of carbonyl (C=O) groups excluding carboxylic acids is 2. The molecule has 3 rings (SSSR count). The third kappa shape index (κ3) is 6.38. The second kappa shape index (κ2) is 13.5. The van der Waals surface area contributed by atoms with E-state index in [0.29, 0.717) is 6.54 Å². The second-order valence-corrected chi connectivity index (χ2v) is 10.8. The summed E-state index contributed by atoms with van der Waals surface area (Å²) < 4.78 is 12.2. The zero-order chi connectivity index (χ0) is 27.7. The minimum Gasteiger partial charge on any atom is -0.462 e. The molecular formula is C33H47NO4. The van der Waals surface area contributed by atoms with E-state index >= 15 is 0 Å². The van der Waals surface area contributed by atoms with Gasteiger partial charge in [0.15, 0.2) is 5.78 Å². The van der Waals surface area contributed by atoms with Gasteiger partial charge in [-0.3, -0.25) is 9.69 Å². The average Bonchev–Trinajstić information content (AvgIpc) is 2.96. The van der Waals surface area contributed by atoms with Gasteiger partial charge in [0.2, 0.25) is 5.60 Å². The first kappa shape index (κ1) is 30.0. The molecule has 1 aliphatic rings. The third-order valence-corrected chi connectivity index (χ3v) is 9.13. The highest BCUT2D eigenvalue weighted by Gasteiger charge is 2.49. The number of carbonyl (C=O) groups is 2. The summed E-state index contributed by atoms with van der Waals surface area (Å²) in [4.78, 5) is 29.6. The van der Waals surface area contributed by atoms with Crippen molar-refractivity contribution in [3.63, 3.8) is 0 Å². The standard InChI is InChI=1S/C33H47NO4/c1-6-31(7-2)21-16-22-32(8-3,9-4)34(31)23-24-37-30(36)33(27(5)35,25-28-17-12-10-13-18-28)38-26-29-19-14-11-15-20-29/h10-15,17-20H,6-9,16,21-26H2,1-5H3. The fraction of sp³-hybridized carbons (Fsp3) is 0.576. The van der Waals surface area contributed by atoms with Crippen LogP contribution in [0.25, 0.3) is 0 Å². The molecule has 1 unspecified atom stereocenters. The first-order valence-electron chi connectivity index (χ1n) is 14.5. The smallest absolute Gasteiger partial charge is 0.346 e. The Morgan fingerprint density at radius 1 is 0.816 bits per heavy atom. The fourth-order valence-electron chi connectivity index (χ4n) is 6.53. The van der Waals surface area contributed by atoms with E-state index in [1.165, 1.54) is 26.2 Å². The predicted molar refractivity (Wildman–Crippen MR) is 153 cm³/mol. The Balaban J connectivity index is 1.84. The maximum atomic E-state index is 13.8. The molecule has 2 aromatic rings. The number of Topliss-reactive ketones (excluding diaryl/α,β-unsaturated/α-hetero) is 1. The van der Waals surface area contributed by atoms with Crippen LogP contribution in [-0.2, 0) is 32.1 Å². The van der Waals surface area contributed by atoms with Gasteiger partial charge < -0.3 is 9.47 Å². The molecular weight excluding hydrogens is 474 g/mol. The van der Waals surface area contributed by atoms with Crippen LogP contribution in [0.2, 0.25) is 0 Å². The normalized spacial score (nSPS) is 18.4. The van der Waals surface area contributed by atoms with Crippen molar-refractivity contribution < 1.29 is 19.1 Å². The second-order valence-electron chi connectivity index (χ2n) is 10.8. The van der Waals surface area contributed by atoms with E-state index in [1.54, 1.807) is 0 Å². The molecule has 208 valence electrons. The number of rotatable bonds is 14. The molecule has 0 saturated carbocycles. The molecule has 0 bridgehead atoms. The lowest BCUT2D eigenvalue weighted by atomic mass is 9.71. The summed E-state index contributed by atoms with van der Waals surface area (Å²) in [6.45, 7) is 11.6. The number of benzene rings is 2. The van der Waals surface area contributed by atoms with Crippen molar-refractivity contribution in [1.82, 2.24) is 4.90 Å². The highest BCUT2D eigenvalue weighted by atomic mass is 16.6. The van der Waals surface area contributed by atoms with Gasteiger partial charge in [0.25, 0.3) is 0 Å². The summed E-state index contributed by atoms with van der Waals surface area (Å²) in [6.07, 6.45) is 8.01. The van der Waals surface area contributed by atoms with E-state index < -0.39 is 11.6 Å². The Morgan fingerprint density at radius 3 is 1.79 bits per heavy atom. The van der Waals surface area contributed by atoms with Gasteiger partial charge in [0.1, 0.15) is 6.61 Å². The molecule has 1 saturated heterocycles. The van der Waals surface area contributed by atoms with E-state index in [-0.39, 0.29) is 36.5 Å². The van der Waals surface area contributed by atoms with Gasteiger partial charge in [0.05, 0.1) is 6.61 Å². The molecule has 1 aliphatic heterocycles. The van der Waals surface area contributed by atoms with E-state index in [0.717, 1.165) is 36.8 Å². The van der Waals surface area contributed by atoms with Crippen molar-refractivity contribution in [1.29, 1.82) is 0 Å². The molecule has 1 atom stereocenters. The van der Waals surface area contributed by atoms with Gasteiger partial charge >= 0.3 is 5.97 Å². The van der Waals surface area contributed by atoms with Crippen LogP contribution in [0.1, 0.15) is 90.7 Å². The van der Waals surface area contributed by atoms with Crippen LogP contribution >= 0.6 is 0 Å². The van der Waals surface area contributed by atoms with Crippen molar-refractivity contribution in [2.24, 2.45) is 0 Å². The van der Waals surface area contributed by atoms with Gasteiger partial charge in [-0.1, -0.05) is 88.4 Å². The molecule has 0 aliphatic carbocycles. The number of hydrogen-bond donors (Lipinski definition) is 0. The Kier molecular flexibility index (Phi) is 10.7. The highest BCUT2D eigenvalue weighted by molar-refractivity contribution is 6.06. The number of ketones is 1. The SMILES string of the molecule is CCC1(CC)CCCC(CC)(CC)N1CCOC(=O)C(Cc1ccccc1)(OCc1ccccc1)C(C)=O. The van der Waals surface area contributed by atoms with Crippen LogP contribution in [-0.4, -0.2) is 46.5 Å². The highest BCUT2D eigenvalue weighted by Crippen LogP contribution is 2.45. The Morgan fingerprint density at radius 2 is 1.32 bits per heavy atom. The van der Waals surface area contributed by atoms with Crippen molar-refractivity contribution in [2.75, 3.05) is 13.2 Å². The van der Waals surface area contributed by atoms with Gasteiger partial charge in [-0.05, 0) is 63.0 Å². The molecule has 0 radical (unpaired) electrons. The quantitative estimate of drug-likeness (QED) is 0.199. The van der Waals surface area contributed by atoms with Crippen LogP contribution in [0, 0.1) is 0 Å². The van der Waals surface area contributed by atoms with Gasteiger partial charge in [-0.25, -0.2) is 4.79 Å².